The molecular formula is C21H29N5O2S. The minimum absolute atomic E-state index is 0.0101. The number of aromatic nitrogens is 2. The first-order valence-corrected chi connectivity index (χ1v) is 11.0. The van der Waals surface area contributed by atoms with Crippen LogP contribution in [0, 0.1) is 13.8 Å². The van der Waals surface area contributed by atoms with E-state index in [0.29, 0.717) is 38.5 Å². The third-order valence-electron chi connectivity index (χ3n) is 5.18. The molecule has 156 valence electrons. The maximum absolute atomic E-state index is 12.5. The first-order valence-electron chi connectivity index (χ1n) is 9.98. The Labute approximate surface area is 176 Å². The van der Waals surface area contributed by atoms with Crippen LogP contribution in [0.1, 0.15) is 18.1 Å². The van der Waals surface area contributed by atoms with Crippen LogP contribution in [0.5, 0.6) is 0 Å². The van der Waals surface area contributed by atoms with Crippen LogP contribution in [0.4, 0.5) is 5.69 Å². The van der Waals surface area contributed by atoms with E-state index >= 15 is 0 Å². The number of amides is 2. The molecule has 1 N–H and O–H groups in total. The monoisotopic (exact) mass is 415 g/mol. The standard InChI is InChI=1S/C21H29N5O2S/c1-4-25-9-8-22-21(25)29-15-19(28)26-12-10-24(11-13-26)14-18(27)23-20-16(2)6-5-7-17(20)3/h5-9H,4,10-15H2,1-3H3,(H,23,27). The fourth-order valence-electron chi connectivity index (χ4n) is 3.44. The number of carbonyl (C=O) groups is 2. The van der Waals surface area contributed by atoms with Gasteiger partial charge in [0.15, 0.2) is 5.16 Å². The number of benzene rings is 1. The lowest BCUT2D eigenvalue weighted by Crippen LogP contribution is -2.51. The highest BCUT2D eigenvalue weighted by Crippen LogP contribution is 2.20. The summed E-state index contributed by atoms with van der Waals surface area (Å²) in [4.78, 5) is 33.2. The van der Waals surface area contributed by atoms with Crippen LogP contribution < -0.4 is 5.32 Å². The Balaban J connectivity index is 1.43. The van der Waals surface area contributed by atoms with Crippen molar-refractivity contribution in [1.29, 1.82) is 0 Å². The summed E-state index contributed by atoms with van der Waals surface area (Å²) in [7, 11) is 0. The molecule has 0 saturated carbocycles. The third-order valence-corrected chi connectivity index (χ3v) is 6.17. The lowest BCUT2D eigenvalue weighted by molar-refractivity contribution is -0.130. The first kappa shape index (κ1) is 21.4. The highest BCUT2D eigenvalue weighted by atomic mass is 32.2. The van der Waals surface area contributed by atoms with Crippen molar-refractivity contribution in [1.82, 2.24) is 19.4 Å². The van der Waals surface area contributed by atoms with E-state index in [-0.39, 0.29) is 11.8 Å². The number of para-hydroxylation sites is 1. The second-order valence-electron chi connectivity index (χ2n) is 7.26. The molecule has 1 aromatic carbocycles. The van der Waals surface area contributed by atoms with Crippen LogP contribution in [-0.2, 0) is 16.1 Å². The summed E-state index contributed by atoms with van der Waals surface area (Å²) in [5.41, 5.74) is 3.03. The molecule has 1 fully saturated rings. The number of thioether (sulfide) groups is 1. The molecule has 0 radical (unpaired) electrons. The number of hydrogen-bond acceptors (Lipinski definition) is 5. The van der Waals surface area contributed by atoms with Gasteiger partial charge in [-0.25, -0.2) is 4.98 Å². The van der Waals surface area contributed by atoms with E-state index in [2.05, 4.69) is 22.1 Å². The summed E-state index contributed by atoms with van der Waals surface area (Å²) in [6.45, 7) is 9.97. The number of hydrogen-bond donors (Lipinski definition) is 1. The van der Waals surface area contributed by atoms with Gasteiger partial charge in [0.25, 0.3) is 0 Å². The van der Waals surface area contributed by atoms with Crippen molar-refractivity contribution in [3.8, 4) is 0 Å². The van der Waals surface area contributed by atoms with Gasteiger partial charge in [-0.2, -0.15) is 0 Å². The van der Waals surface area contributed by atoms with E-state index in [4.69, 9.17) is 0 Å². The zero-order valence-corrected chi connectivity index (χ0v) is 18.2. The van der Waals surface area contributed by atoms with Gasteiger partial charge in [-0.1, -0.05) is 30.0 Å². The van der Waals surface area contributed by atoms with Gasteiger partial charge >= 0.3 is 0 Å². The Bertz CT molecular complexity index is 838. The number of nitrogens with one attached hydrogen (secondary N) is 1. The molecule has 8 heteroatoms. The Morgan fingerprint density at radius 2 is 1.83 bits per heavy atom. The summed E-state index contributed by atoms with van der Waals surface area (Å²) < 4.78 is 2.03. The maximum Gasteiger partial charge on any atom is 0.238 e. The van der Waals surface area contributed by atoms with E-state index in [1.807, 2.05) is 47.7 Å². The SMILES string of the molecule is CCn1ccnc1SCC(=O)N1CCN(CC(=O)Nc2c(C)cccc2C)CC1. The number of rotatable bonds is 7. The minimum Gasteiger partial charge on any atom is -0.339 e. The van der Waals surface area contributed by atoms with E-state index in [0.717, 1.165) is 28.5 Å². The molecule has 7 nitrogen and oxygen atoms in total. The highest BCUT2D eigenvalue weighted by molar-refractivity contribution is 7.99. The fraction of sp³-hybridized carbons (Fsp3) is 0.476. The Kier molecular flexibility index (Phi) is 7.33. The van der Waals surface area contributed by atoms with Crippen LogP contribution >= 0.6 is 11.8 Å². The first-order chi connectivity index (χ1) is 14.0. The number of carbonyl (C=O) groups excluding carboxylic acids is 2. The largest absolute Gasteiger partial charge is 0.339 e. The molecule has 2 aromatic rings. The molecule has 1 saturated heterocycles. The van der Waals surface area contributed by atoms with Gasteiger partial charge in [0.05, 0.1) is 12.3 Å². The van der Waals surface area contributed by atoms with Gasteiger partial charge in [0.2, 0.25) is 11.8 Å². The van der Waals surface area contributed by atoms with Crippen molar-refractivity contribution < 1.29 is 9.59 Å². The van der Waals surface area contributed by atoms with Crippen LogP contribution in [0.15, 0.2) is 35.7 Å². The molecular weight excluding hydrogens is 386 g/mol. The highest BCUT2D eigenvalue weighted by Gasteiger charge is 2.23. The lowest BCUT2D eigenvalue weighted by Gasteiger charge is -2.34. The number of nitrogens with zero attached hydrogens (tertiary/aromatic N) is 4. The van der Waals surface area contributed by atoms with Crippen molar-refractivity contribution in [2.45, 2.75) is 32.5 Å². The molecule has 0 aliphatic carbocycles. The summed E-state index contributed by atoms with van der Waals surface area (Å²) in [6.07, 6.45) is 3.69. The zero-order valence-electron chi connectivity index (χ0n) is 17.4. The second kappa shape index (κ2) is 9.93. The molecule has 1 aliphatic heterocycles. The van der Waals surface area contributed by atoms with E-state index < -0.39 is 0 Å². The maximum atomic E-state index is 12.5. The Morgan fingerprint density at radius 3 is 2.48 bits per heavy atom. The van der Waals surface area contributed by atoms with Gasteiger partial charge in [-0.3, -0.25) is 14.5 Å². The predicted molar refractivity (Wildman–Crippen MR) is 116 cm³/mol. The number of piperazine rings is 1. The molecule has 2 amide bonds. The minimum atomic E-state index is -0.0101. The van der Waals surface area contributed by atoms with Crippen molar-refractivity contribution in [3.05, 3.63) is 41.7 Å². The van der Waals surface area contributed by atoms with E-state index in [1.165, 1.54) is 11.8 Å². The van der Waals surface area contributed by atoms with Crippen LogP contribution in [0.25, 0.3) is 0 Å². The molecule has 1 aliphatic rings. The van der Waals surface area contributed by atoms with Gasteiger partial charge in [-0.05, 0) is 31.9 Å². The van der Waals surface area contributed by atoms with E-state index in [9.17, 15) is 9.59 Å². The summed E-state index contributed by atoms with van der Waals surface area (Å²) in [6, 6.07) is 5.99. The van der Waals surface area contributed by atoms with Crippen molar-refractivity contribution in [3.63, 3.8) is 0 Å². The predicted octanol–water partition coefficient (Wildman–Crippen LogP) is 2.39. The third kappa shape index (κ3) is 5.61. The fourth-order valence-corrected chi connectivity index (χ4v) is 4.37. The van der Waals surface area contributed by atoms with Crippen LogP contribution in [0.2, 0.25) is 0 Å². The molecule has 29 heavy (non-hydrogen) atoms. The quantitative estimate of drug-likeness (QED) is 0.703. The van der Waals surface area contributed by atoms with Gasteiger partial charge < -0.3 is 14.8 Å². The molecule has 0 unspecified atom stereocenters. The number of imidazole rings is 1. The van der Waals surface area contributed by atoms with Crippen molar-refractivity contribution in [2.75, 3.05) is 43.8 Å². The smallest absolute Gasteiger partial charge is 0.238 e. The summed E-state index contributed by atoms with van der Waals surface area (Å²) in [5, 5.41) is 3.91. The summed E-state index contributed by atoms with van der Waals surface area (Å²) in [5.74, 6) is 0.508. The number of aryl methyl sites for hydroxylation is 3. The Hall–Kier alpha value is -2.32. The summed E-state index contributed by atoms with van der Waals surface area (Å²) >= 11 is 1.48. The number of anilines is 1. The molecule has 0 bridgehead atoms. The Morgan fingerprint density at radius 1 is 1.14 bits per heavy atom. The molecule has 0 spiro atoms. The average molecular weight is 416 g/mol. The molecule has 0 atom stereocenters. The van der Waals surface area contributed by atoms with Gasteiger partial charge in [0, 0.05) is 50.8 Å². The van der Waals surface area contributed by atoms with Crippen molar-refractivity contribution >= 4 is 29.3 Å². The molecule has 3 rings (SSSR count). The van der Waals surface area contributed by atoms with Gasteiger partial charge in [-0.15, -0.1) is 0 Å². The van der Waals surface area contributed by atoms with Gasteiger partial charge in [0.1, 0.15) is 0 Å². The van der Waals surface area contributed by atoms with E-state index in [1.54, 1.807) is 6.20 Å². The second-order valence-corrected chi connectivity index (χ2v) is 8.20. The topological polar surface area (TPSA) is 70.5 Å². The lowest BCUT2D eigenvalue weighted by atomic mass is 10.1. The van der Waals surface area contributed by atoms with Crippen LogP contribution in [-0.4, -0.2) is 69.6 Å². The molecule has 1 aromatic heterocycles. The van der Waals surface area contributed by atoms with Crippen molar-refractivity contribution in [2.24, 2.45) is 0 Å². The normalized spacial score (nSPS) is 14.8. The zero-order chi connectivity index (χ0) is 20.8. The molecule has 2 heterocycles. The average Bonchev–Trinajstić information content (AvgIpc) is 3.17. The van der Waals surface area contributed by atoms with Crippen LogP contribution in [0.3, 0.4) is 0 Å².